The molecule has 0 fully saturated rings. The molecule has 23 heavy (non-hydrogen) atoms. The average Bonchev–Trinajstić information content (AvgIpc) is 3.00. The van der Waals surface area contributed by atoms with Crippen LogP contribution in [-0.2, 0) is 0 Å². The number of halogens is 2. The lowest BCUT2D eigenvalue weighted by atomic mass is 10.0. The monoisotopic (exact) mass is 319 g/mol. The van der Waals surface area contributed by atoms with Crippen LogP contribution in [0.3, 0.4) is 0 Å². The number of alkyl halides is 2. The van der Waals surface area contributed by atoms with E-state index in [1.807, 2.05) is 13.8 Å². The Bertz CT molecular complexity index is 831. The number of aromatic nitrogens is 3. The van der Waals surface area contributed by atoms with E-state index in [0.29, 0.717) is 5.65 Å². The summed E-state index contributed by atoms with van der Waals surface area (Å²) in [6, 6.07) is 9.06. The lowest BCUT2D eigenvalue weighted by molar-refractivity contribution is 0.0688. The maximum Gasteiger partial charge on any atom is 0.356 e. The molecule has 0 aliphatic rings. The molecule has 5 nitrogen and oxygen atoms in total. The van der Waals surface area contributed by atoms with Crippen LogP contribution in [0, 0.1) is 0 Å². The van der Waals surface area contributed by atoms with Crippen LogP contribution in [0.4, 0.5) is 8.78 Å². The minimum atomic E-state index is -2.64. The number of nitrogens with zero attached hydrogens (tertiary/aromatic N) is 3. The van der Waals surface area contributed by atoms with Crippen molar-refractivity contribution in [1.29, 1.82) is 0 Å². The standard InChI is InChI=1S/C14H9F2N3O2.C2H6/c15-13(16)9-4-2-1-3-8(9)10-5-6-12-17-7-11(14(20)21)19(12)18-10;1-2/h1-7,13H,(H,20,21);1-2H3. The first-order valence-electron chi connectivity index (χ1n) is 7.03. The number of carbonyl (C=O) groups is 1. The van der Waals surface area contributed by atoms with E-state index in [0.717, 1.165) is 4.52 Å². The lowest BCUT2D eigenvalue weighted by Gasteiger charge is -2.08. The molecule has 1 N–H and O–H groups in total. The molecule has 2 heterocycles. The largest absolute Gasteiger partial charge is 0.476 e. The van der Waals surface area contributed by atoms with Crippen molar-refractivity contribution in [3.8, 4) is 11.3 Å². The van der Waals surface area contributed by atoms with Gasteiger partial charge in [-0.15, -0.1) is 0 Å². The summed E-state index contributed by atoms with van der Waals surface area (Å²) in [5, 5.41) is 13.2. The molecule has 0 amide bonds. The van der Waals surface area contributed by atoms with Crippen LogP contribution in [0.2, 0.25) is 0 Å². The molecule has 0 radical (unpaired) electrons. The second-order valence-electron chi connectivity index (χ2n) is 4.33. The first-order valence-corrected chi connectivity index (χ1v) is 7.03. The van der Waals surface area contributed by atoms with Crippen LogP contribution >= 0.6 is 0 Å². The van der Waals surface area contributed by atoms with Gasteiger partial charge in [0.25, 0.3) is 6.43 Å². The molecule has 0 bridgehead atoms. The Balaban J connectivity index is 0.000000924. The highest BCUT2D eigenvalue weighted by molar-refractivity contribution is 5.86. The average molecular weight is 319 g/mol. The van der Waals surface area contributed by atoms with Gasteiger partial charge in [0, 0.05) is 11.1 Å². The lowest BCUT2D eigenvalue weighted by Crippen LogP contribution is -2.05. The van der Waals surface area contributed by atoms with Crippen molar-refractivity contribution in [2.24, 2.45) is 0 Å². The minimum Gasteiger partial charge on any atom is -0.476 e. The maximum absolute atomic E-state index is 13.0. The Kier molecular flexibility index (Phi) is 5.00. The number of imidazole rings is 1. The second kappa shape index (κ2) is 6.95. The van der Waals surface area contributed by atoms with E-state index in [1.165, 1.54) is 36.5 Å². The summed E-state index contributed by atoms with van der Waals surface area (Å²) in [6.45, 7) is 4.00. The number of carboxylic acids is 1. The summed E-state index contributed by atoms with van der Waals surface area (Å²) in [4.78, 5) is 15.0. The Morgan fingerprint density at radius 1 is 1.17 bits per heavy atom. The summed E-state index contributed by atoms with van der Waals surface area (Å²) in [5.74, 6) is -1.19. The van der Waals surface area contributed by atoms with Crippen molar-refractivity contribution in [1.82, 2.24) is 14.6 Å². The van der Waals surface area contributed by atoms with Crippen molar-refractivity contribution >= 4 is 11.6 Å². The maximum atomic E-state index is 13.0. The van der Waals surface area contributed by atoms with E-state index in [4.69, 9.17) is 5.11 Å². The van der Waals surface area contributed by atoms with Gasteiger partial charge in [0.2, 0.25) is 0 Å². The van der Waals surface area contributed by atoms with Crippen molar-refractivity contribution in [3.05, 3.63) is 53.9 Å². The van der Waals surface area contributed by atoms with Gasteiger partial charge in [-0.25, -0.2) is 23.1 Å². The normalized spacial score (nSPS) is 10.5. The smallest absolute Gasteiger partial charge is 0.356 e. The summed E-state index contributed by atoms with van der Waals surface area (Å²) in [5.41, 5.74) is 0.590. The fourth-order valence-corrected chi connectivity index (χ4v) is 2.08. The Hall–Kier alpha value is -2.83. The number of fused-ring (bicyclic) bond motifs is 1. The number of hydrogen-bond acceptors (Lipinski definition) is 3. The molecule has 7 heteroatoms. The number of aromatic carboxylic acids is 1. The highest BCUT2D eigenvalue weighted by Gasteiger charge is 2.17. The van der Waals surface area contributed by atoms with Gasteiger partial charge < -0.3 is 5.11 Å². The zero-order chi connectivity index (χ0) is 17.0. The first kappa shape index (κ1) is 16.5. The van der Waals surface area contributed by atoms with E-state index >= 15 is 0 Å². The zero-order valence-electron chi connectivity index (χ0n) is 12.6. The third-order valence-electron chi connectivity index (χ3n) is 3.05. The van der Waals surface area contributed by atoms with Gasteiger partial charge in [0.1, 0.15) is 0 Å². The van der Waals surface area contributed by atoms with Crippen LogP contribution in [0.1, 0.15) is 36.3 Å². The topological polar surface area (TPSA) is 67.5 Å². The molecule has 2 aromatic heterocycles. The van der Waals surface area contributed by atoms with Gasteiger partial charge in [-0.05, 0) is 12.1 Å². The fourth-order valence-electron chi connectivity index (χ4n) is 2.08. The van der Waals surface area contributed by atoms with Crippen molar-refractivity contribution in [2.45, 2.75) is 20.3 Å². The minimum absolute atomic E-state index is 0.124. The summed E-state index contributed by atoms with van der Waals surface area (Å²) in [7, 11) is 0. The van der Waals surface area contributed by atoms with E-state index in [1.54, 1.807) is 6.07 Å². The van der Waals surface area contributed by atoms with E-state index in [2.05, 4.69) is 10.1 Å². The molecule has 0 spiro atoms. The van der Waals surface area contributed by atoms with Crippen LogP contribution in [0.15, 0.2) is 42.6 Å². The molecule has 0 aliphatic carbocycles. The molecule has 3 aromatic rings. The van der Waals surface area contributed by atoms with Crippen molar-refractivity contribution in [3.63, 3.8) is 0 Å². The third kappa shape index (κ3) is 3.18. The number of rotatable bonds is 3. The predicted octanol–water partition coefficient (Wildman–Crippen LogP) is 4.06. The molecule has 0 unspecified atom stereocenters. The molecule has 0 aliphatic heterocycles. The zero-order valence-corrected chi connectivity index (χ0v) is 12.6. The Morgan fingerprint density at radius 3 is 2.52 bits per heavy atom. The summed E-state index contributed by atoms with van der Waals surface area (Å²) < 4.78 is 27.2. The number of benzene rings is 1. The predicted molar refractivity (Wildman–Crippen MR) is 81.7 cm³/mol. The van der Waals surface area contributed by atoms with Crippen molar-refractivity contribution in [2.75, 3.05) is 0 Å². The second-order valence-corrected chi connectivity index (χ2v) is 4.33. The molecule has 0 saturated heterocycles. The Morgan fingerprint density at radius 2 is 1.87 bits per heavy atom. The fraction of sp³-hybridized carbons (Fsp3) is 0.188. The molecule has 3 rings (SSSR count). The van der Waals surface area contributed by atoms with Gasteiger partial charge in [-0.1, -0.05) is 38.1 Å². The third-order valence-corrected chi connectivity index (χ3v) is 3.05. The molecule has 120 valence electrons. The first-order chi connectivity index (χ1) is 11.1. The van der Waals surface area contributed by atoms with E-state index < -0.39 is 12.4 Å². The molecular formula is C16H15F2N3O2. The van der Waals surface area contributed by atoms with Crippen LogP contribution in [0.25, 0.3) is 16.9 Å². The quantitative estimate of drug-likeness (QED) is 0.790. The van der Waals surface area contributed by atoms with E-state index in [9.17, 15) is 13.6 Å². The van der Waals surface area contributed by atoms with Gasteiger partial charge in [-0.3, -0.25) is 0 Å². The van der Waals surface area contributed by atoms with Gasteiger partial charge in [-0.2, -0.15) is 5.10 Å². The van der Waals surface area contributed by atoms with Crippen molar-refractivity contribution < 1.29 is 18.7 Å². The SMILES string of the molecule is CC.O=C(O)c1cnc2ccc(-c3ccccc3C(F)F)nn12. The highest BCUT2D eigenvalue weighted by Crippen LogP contribution is 2.29. The number of hydrogen-bond donors (Lipinski definition) is 1. The van der Waals surface area contributed by atoms with Crippen LogP contribution in [-0.4, -0.2) is 25.7 Å². The highest BCUT2D eigenvalue weighted by atomic mass is 19.3. The van der Waals surface area contributed by atoms with Crippen LogP contribution < -0.4 is 0 Å². The summed E-state index contributed by atoms with van der Waals surface area (Å²) >= 11 is 0. The van der Waals surface area contributed by atoms with Crippen LogP contribution in [0.5, 0.6) is 0 Å². The molecule has 0 atom stereocenters. The molecular weight excluding hydrogens is 304 g/mol. The van der Waals surface area contributed by atoms with Gasteiger partial charge in [0.05, 0.1) is 11.9 Å². The van der Waals surface area contributed by atoms with E-state index in [-0.39, 0.29) is 22.5 Å². The number of carboxylic acid groups (broad SMARTS) is 1. The summed E-state index contributed by atoms with van der Waals surface area (Å²) in [6.07, 6.45) is -1.46. The van der Waals surface area contributed by atoms with Gasteiger partial charge >= 0.3 is 5.97 Å². The molecule has 1 aromatic carbocycles. The Labute approximate surface area is 131 Å². The molecule has 0 saturated carbocycles. The van der Waals surface area contributed by atoms with Gasteiger partial charge in [0.15, 0.2) is 11.3 Å².